The van der Waals surface area contributed by atoms with E-state index in [-0.39, 0.29) is 11.6 Å². The number of aromatic nitrogens is 3. The summed E-state index contributed by atoms with van der Waals surface area (Å²) in [5, 5.41) is 7.96. The van der Waals surface area contributed by atoms with Crippen LogP contribution in [0.5, 0.6) is 0 Å². The summed E-state index contributed by atoms with van der Waals surface area (Å²) in [5.41, 5.74) is -0.390. The molecular weight excluding hydrogens is 326 g/mol. The Morgan fingerprint density at radius 3 is 2.58 bits per heavy atom. The molecule has 0 aliphatic rings. The number of anilines is 1. The Morgan fingerprint density at radius 2 is 2.00 bits per heavy atom. The van der Waals surface area contributed by atoms with Gasteiger partial charge in [-0.2, -0.15) is 4.52 Å². The largest absolute Gasteiger partial charge is 0.349 e. The number of amides is 1. The Kier molecular flexibility index (Phi) is 6.30. The fraction of sp³-hybridized carbons (Fsp3) is 0.625. The lowest BCUT2D eigenvalue weighted by Crippen LogP contribution is -2.36. The molecule has 24 heavy (non-hydrogen) atoms. The van der Waals surface area contributed by atoms with Crippen molar-refractivity contribution in [3.63, 3.8) is 0 Å². The van der Waals surface area contributed by atoms with Crippen molar-refractivity contribution in [1.82, 2.24) is 19.9 Å². The molecule has 0 spiro atoms. The maximum atomic E-state index is 12.6. The molecule has 2 heterocycles. The summed E-state index contributed by atoms with van der Waals surface area (Å²) in [6, 6.07) is 0.00758. The topological polar surface area (TPSA) is 79.6 Å². The van der Waals surface area contributed by atoms with E-state index in [1.807, 2.05) is 13.8 Å². The maximum Gasteiger partial charge on any atom is 0.288 e. The number of hydrogen-bond donors (Lipinski definition) is 1. The minimum atomic E-state index is -0.420. The molecule has 7 nitrogen and oxygen atoms in total. The molecular formula is C16H25N5O2S. The summed E-state index contributed by atoms with van der Waals surface area (Å²) in [5.74, 6) is -0.398. The highest BCUT2D eigenvalue weighted by Crippen LogP contribution is 2.21. The van der Waals surface area contributed by atoms with Gasteiger partial charge in [0.2, 0.25) is 10.1 Å². The lowest BCUT2D eigenvalue weighted by Gasteiger charge is -2.19. The van der Waals surface area contributed by atoms with E-state index in [2.05, 4.69) is 34.1 Å². The van der Waals surface area contributed by atoms with Crippen LogP contribution in [0.2, 0.25) is 0 Å². The van der Waals surface area contributed by atoms with Crippen molar-refractivity contribution in [2.45, 2.75) is 53.0 Å². The first-order chi connectivity index (χ1) is 11.5. The van der Waals surface area contributed by atoms with E-state index in [4.69, 9.17) is 0 Å². The van der Waals surface area contributed by atoms with Gasteiger partial charge in [-0.25, -0.2) is 4.98 Å². The predicted molar refractivity (Wildman–Crippen MR) is 97.1 cm³/mol. The highest BCUT2D eigenvalue weighted by Gasteiger charge is 2.18. The Labute approximate surface area is 145 Å². The highest BCUT2D eigenvalue weighted by atomic mass is 32.1. The summed E-state index contributed by atoms with van der Waals surface area (Å²) < 4.78 is 1.24. The molecule has 0 aliphatic heterocycles. The Hall–Kier alpha value is -1.96. The fourth-order valence-corrected chi connectivity index (χ4v) is 3.22. The molecule has 2 rings (SSSR count). The van der Waals surface area contributed by atoms with Gasteiger partial charge in [0.25, 0.3) is 11.5 Å². The van der Waals surface area contributed by atoms with Crippen LogP contribution in [0, 0.1) is 0 Å². The third-order valence-electron chi connectivity index (χ3n) is 3.77. The van der Waals surface area contributed by atoms with Crippen LogP contribution in [-0.4, -0.2) is 39.6 Å². The fourth-order valence-electron chi connectivity index (χ4n) is 2.31. The molecule has 1 atom stereocenters. The van der Waals surface area contributed by atoms with Crippen LogP contribution >= 0.6 is 11.3 Å². The summed E-state index contributed by atoms with van der Waals surface area (Å²) in [6.45, 7) is 9.85. The minimum Gasteiger partial charge on any atom is -0.349 e. The molecule has 8 heteroatoms. The van der Waals surface area contributed by atoms with Crippen LogP contribution in [-0.2, 0) is 0 Å². The van der Waals surface area contributed by atoms with Crippen LogP contribution in [0.1, 0.15) is 57.3 Å². The van der Waals surface area contributed by atoms with E-state index in [1.165, 1.54) is 22.0 Å². The first kappa shape index (κ1) is 18.4. The second-order valence-electron chi connectivity index (χ2n) is 5.83. The first-order valence-electron chi connectivity index (χ1n) is 8.46. The van der Waals surface area contributed by atoms with E-state index >= 15 is 0 Å². The minimum absolute atomic E-state index is 0.00758. The molecule has 1 N–H and O–H groups in total. The van der Waals surface area contributed by atoms with E-state index in [1.54, 1.807) is 0 Å². The molecule has 0 unspecified atom stereocenters. The third kappa shape index (κ3) is 3.92. The SMILES string of the molecule is CCCN(CCC)c1nn2c(=O)c(C(=O)N[C@H](C)CC)cnc2s1. The molecule has 2 aromatic heterocycles. The highest BCUT2D eigenvalue weighted by molar-refractivity contribution is 7.20. The average molecular weight is 351 g/mol. The number of nitrogens with zero attached hydrogens (tertiary/aromatic N) is 4. The Morgan fingerprint density at radius 1 is 1.33 bits per heavy atom. The van der Waals surface area contributed by atoms with Gasteiger partial charge in [-0.3, -0.25) is 9.59 Å². The number of nitrogens with one attached hydrogen (secondary N) is 1. The van der Waals surface area contributed by atoms with E-state index in [9.17, 15) is 9.59 Å². The quantitative estimate of drug-likeness (QED) is 0.789. The van der Waals surface area contributed by atoms with Gasteiger partial charge < -0.3 is 10.2 Å². The first-order valence-corrected chi connectivity index (χ1v) is 9.28. The zero-order valence-electron chi connectivity index (χ0n) is 14.7. The molecule has 2 aromatic rings. The number of rotatable bonds is 8. The molecule has 0 aliphatic carbocycles. The van der Waals surface area contributed by atoms with E-state index in [0.717, 1.165) is 37.5 Å². The summed E-state index contributed by atoms with van der Waals surface area (Å²) in [7, 11) is 0. The predicted octanol–water partition coefficient (Wildman–Crippen LogP) is 2.31. The maximum absolute atomic E-state index is 12.6. The zero-order chi connectivity index (χ0) is 17.7. The standard InChI is InChI=1S/C16H25N5O2S/c1-5-8-20(9-6-2)16-19-21-14(23)12(10-17-15(21)24-16)13(22)18-11(4)7-3/h10-11H,5-9H2,1-4H3,(H,18,22)/t11-/m1/s1. The van der Waals surface area contributed by atoms with Crippen LogP contribution in [0.15, 0.2) is 11.0 Å². The third-order valence-corrected chi connectivity index (χ3v) is 4.75. The normalized spacial score (nSPS) is 12.3. The van der Waals surface area contributed by atoms with Crippen molar-refractivity contribution in [2.24, 2.45) is 0 Å². The molecule has 0 saturated heterocycles. The van der Waals surface area contributed by atoms with Crippen LogP contribution in [0.4, 0.5) is 5.13 Å². The van der Waals surface area contributed by atoms with Gasteiger partial charge in [0.05, 0.1) is 0 Å². The lowest BCUT2D eigenvalue weighted by molar-refractivity contribution is 0.0937. The summed E-state index contributed by atoms with van der Waals surface area (Å²) in [6.07, 6.45) is 4.15. The van der Waals surface area contributed by atoms with Crippen LogP contribution < -0.4 is 15.8 Å². The van der Waals surface area contributed by atoms with Crippen molar-refractivity contribution in [3.8, 4) is 0 Å². The van der Waals surface area contributed by atoms with Gasteiger partial charge in [0, 0.05) is 25.3 Å². The summed E-state index contributed by atoms with van der Waals surface area (Å²) >= 11 is 1.37. The molecule has 0 bridgehead atoms. The Bertz CT molecular complexity index is 748. The number of hydrogen-bond acceptors (Lipinski definition) is 6. The smallest absolute Gasteiger partial charge is 0.288 e. The zero-order valence-corrected chi connectivity index (χ0v) is 15.5. The van der Waals surface area contributed by atoms with Gasteiger partial charge in [0.1, 0.15) is 5.56 Å². The van der Waals surface area contributed by atoms with Gasteiger partial charge in [-0.1, -0.05) is 32.1 Å². The van der Waals surface area contributed by atoms with E-state index in [0.29, 0.717) is 4.96 Å². The number of carbonyl (C=O) groups excluding carboxylic acids is 1. The molecule has 0 fully saturated rings. The molecule has 132 valence electrons. The van der Waals surface area contributed by atoms with Crippen molar-refractivity contribution >= 4 is 27.3 Å². The van der Waals surface area contributed by atoms with Crippen LogP contribution in [0.3, 0.4) is 0 Å². The molecule has 0 saturated carbocycles. The van der Waals surface area contributed by atoms with Gasteiger partial charge >= 0.3 is 0 Å². The Balaban J connectivity index is 2.38. The van der Waals surface area contributed by atoms with Crippen molar-refractivity contribution in [3.05, 3.63) is 22.1 Å². The monoisotopic (exact) mass is 351 g/mol. The van der Waals surface area contributed by atoms with Gasteiger partial charge in [-0.15, -0.1) is 5.10 Å². The molecule has 0 radical (unpaired) electrons. The second kappa shape index (κ2) is 8.23. The second-order valence-corrected chi connectivity index (χ2v) is 6.76. The average Bonchev–Trinajstić information content (AvgIpc) is 2.99. The molecule has 0 aromatic carbocycles. The van der Waals surface area contributed by atoms with Crippen molar-refractivity contribution in [1.29, 1.82) is 0 Å². The number of carbonyl (C=O) groups is 1. The van der Waals surface area contributed by atoms with Gasteiger partial charge in [-0.05, 0) is 26.2 Å². The lowest BCUT2D eigenvalue weighted by atomic mass is 10.2. The van der Waals surface area contributed by atoms with Crippen molar-refractivity contribution in [2.75, 3.05) is 18.0 Å². The number of fused-ring (bicyclic) bond motifs is 1. The van der Waals surface area contributed by atoms with E-state index < -0.39 is 11.5 Å². The molecule has 1 amide bonds. The van der Waals surface area contributed by atoms with Crippen LogP contribution in [0.25, 0.3) is 4.96 Å². The van der Waals surface area contributed by atoms with Gasteiger partial charge in [0.15, 0.2) is 0 Å². The van der Waals surface area contributed by atoms with Crippen molar-refractivity contribution < 1.29 is 4.79 Å². The summed E-state index contributed by atoms with van der Waals surface area (Å²) in [4.78, 5) is 31.7.